The van der Waals surface area contributed by atoms with Crippen LogP contribution in [0.3, 0.4) is 0 Å². The average molecular weight is 366 g/mol. The molecule has 3 fully saturated rings. The molecular weight excluding hydrogens is 322 g/mol. The lowest BCUT2D eigenvalue weighted by Gasteiger charge is -2.53. The Labute approximate surface area is 161 Å². The lowest BCUT2D eigenvalue weighted by Crippen LogP contribution is -2.65. The van der Waals surface area contributed by atoms with Crippen LogP contribution in [-0.2, 0) is 4.74 Å². The SMILES string of the molecule is CC1(C)CC(O[C@H](O)C2CCCCC2)C(CC2CCCCC2)C(C)(C)N1. The lowest BCUT2D eigenvalue weighted by molar-refractivity contribution is -0.206. The van der Waals surface area contributed by atoms with Crippen LogP contribution in [0, 0.1) is 17.8 Å². The van der Waals surface area contributed by atoms with Gasteiger partial charge in [-0.1, -0.05) is 51.4 Å². The van der Waals surface area contributed by atoms with Gasteiger partial charge in [-0.2, -0.15) is 0 Å². The molecule has 0 radical (unpaired) electrons. The Morgan fingerprint density at radius 2 is 1.50 bits per heavy atom. The smallest absolute Gasteiger partial charge is 0.157 e. The van der Waals surface area contributed by atoms with Gasteiger partial charge in [-0.15, -0.1) is 0 Å². The van der Waals surface area contributed by atoms with Crippen LogP contribution in [0.15, 0.2) is 0 Å². The monoisotopic (exact) mass is 365 g/mol. The van der Waals surface area contributed by atoms with Crippen molar-refractivity contribution in [2.24, 2.45) is 17.8 Å². The molecule has 3 aliphatic rings. The normalized spacial score (nSPS) is 34.5. The highest BCUT2D eigenvalue weighted by atomic mass is 16.6. The first kappa shape index (κ1) is 20.6. The molecule has 1 heterocycles. The molecule has 0 aromatic heterocycles. The second-order valence-electron chi connectivity index (χ2n) is 10.7. The Balaban J connectivity index is 1.70. The number of aliphatic hydroxyl groups excluding tert-OH is 1. The molecule has 0 spiro atoms. The summed E-state index contributed by atoms with van der Waals surface area (Å²) in [7, 11) is 0. The molecule has 3 heteroatoms. The van der Waals surface area contributed by atoms with E-state index in [1.54, 1.807) is 0 Å². The summed E-state index contributed by atoms with van der Waals surface area (Å²) in [6.07, 6.45) is 14.9. The summed E-state index contributed by atoms with van der Waals surface area (Å²) >= 11 is 0. The quantitative estimate of drug-likeness (QED) is 0.640. The molecule has 1 saturated heterocycles. The Kier molecular flexibility index (Phi) is 6.73. The zero-order chi connectivity index (χ0) is 18.8. The summed E-state index contributed by atoms with van der Waals surface area (Å²) in [6, 6.07) is 0. The number of ether oxygens (including phenoxy) is 1. The minimum absolute atomic E-state index is 0.0517. The van der Waals surface area contributed by atoms with Crippen LogP contribution in [0.1, 0.15) is 105 Å². The van der Waals surface area contributed by atoms with Crippen molar-refractivity contribution in [2.75, 3.05) is 0 Å². The van der Waals surface area contributed by atoms with Crippen LogP contribution in [0.2, 0.25) is 0 Å². The Bertz CT molecular complexity index is 435. The fraction of sp³-hybridized carbons (Fsp3) is 1.00. The van der Waals surface area contributed by atoms with Gasteiger partial charge in [0.1, 0.15) is 0 Å². The van der Waals surface area contributed by atoms with Gasteiger partial charge in [0.05, 0.1) is 6.10 Å². The fourth-order valence-electron chi connectivity index (χ4n) is 6.21. The van der Waals surface area contributed by atoms with Crippen LogP contribution in [-0.4, -0.2) is 28.6 Å². The maximum Gasteiger partial charge on any atom is 0.157 e. The van der Waals surface area contributed by atoms with E-state index in [4.69, 9.17) is 4.74 Å². The fourth-order valence-corrected chi connectivity index (χ4v) is 6.21. The molecule has 0 bridgehead atoms. The third-order valence-corrected chi connectivity index (χ3v) is 7.43. The first-order valence-electron chi connectivity index (χ1n) is 11.4. The van der Waals surface area contributed by atoms with Crippen LogP contribution in [0.4, 0.5) is 0 Å². The van der Waals surface area contributed by atoms with E-state index in [2.05, 4.69) is 33.0 Å². The molecule has 152 valence electrons. The number of aliphatic hydroxyl groups is 1. The van der Waals surface area contributed by atoms with Gasteiger partial charge in [-0.05, 0) is 59.3 Å². The van der Waals surface area contributed by atoms with Crippen molar-refractivity contribution in [3.63, 3.8) is 0 Å². The van der Waals surface area contributed by atoms with Crippen molar-refractivity contribution in [3.05, 3.63) is 0 Å². The van der Waals surface area contributed by atoms with Crippen LogP contribution >= 0.6 is 0 Å². The van der Waals surface area contributed by atoms with Crippen LogP contribution in [0.25, 0.3) is 0 Å². The van der Waals surface area contributed by atoms with Gasteiger partial charge < -0.3 is 15.2 Å². The Morgan fingerprint density at radius 1 is 0.923 bits per heavy atom. The van der Waals surface area contributed by atoms with Gasteiger partial charge in [0, 0.05) is 22.9 Å². The molecule has 2 unspecified atom stereocenters. The number of piperidine rings is 1. The van der Waals surface area contributed by atoms with E-state index >= 15 is 0 Å². The van der Waals surface area contributed by atoms with E-state index in [0.717, 1.165) is 25.2 Å². The number of rotatable bonds is 5. The standard InChI is InChI=1S/C23H43NO2/c1-22(2)16-20(26-21(25)18-13-9-6-10-14-18)19(23(3,4)24-22)15-17-11-7-5-8-12-17/h17-21,24-25H,5-16H2,1-4H3/t19?,20?,21-/m0/s1. The Morgan fingerprint density at radius 3 is 2.12 bits per heavy atom. The minimum Gasteiger partial charge on any atom is -0.368 e. The predicted octanol–water partition coefficient (Wildman–Crippen LogP) is 5.41. The first-order chi connectivity index (χ1) is 12.3. The number of hydrogen-bond acceptors (Lipinski definition) is 3. The molecular formula is C23H43NO2. The van der Waals surface area contributed by atoms with E-state index in [0.29, 0.717) is 11.8 Å². The van der Waals surface area contributed by atoms with E-state index < -0.39 is 6.29 Å². The number of hydrogen-bond donors (Lipinski definition) is 2. The molecule has 3 rings (SSSR count). The van der Waals surface area contributed by atoms with Crippen molar-refractivity contribution in [2.45, 2.75) is 128 Å². The molecule has 1 aliphatic heterocycles. The molecule has 3 nitrogen and oxygen atoms in total. The third-order valence-electron chi connectivity index (χ3n) is 7.43. The van der Waals surface area contributed by atoms with Crippen molar-refractivity contribution in [1.82, 2.24) is 5.32 Å². The predicted molar refractivity (Wildman–Crippen MR) is 108 cm³/mol. The highest BCUT2D eigenvalue weighted by molar-refractivity contribution is 5.04. The molecule has 0 amide bonds. The molecule has 3 atom stereocenters. The highest BCUT2D eigenvalue weighted by Gasteiger charge is 2.47. The molecule has 0 aromatic carbocycles. The summed E-state index contributed by atoms with van der Waals surface area (Å²) in [5, 5.41) is 14.7. The lowest BCUT2D eigenvalue weighted by atomic mass is 9.67. The van der Waals surface area contributed by atoms with Crippen LogP contribution in [0.5, 0.6) is 0 Å². The zero-order valence-electron chi connectivity index (χ0n) is 17.7. The molecule has 2 N–H and O–H groups in total. The maximum atomic E-state index is 10.8. The van der Waals surface area contributed by atoms with E-state index in [9.17, 15) is 5.11 Å². The zero-order valence-corrected chi connectivity index (χ0v) is 17.7. The summed E-state index contributed by atoms with van der Waals surface area (Å²) in [6.45, 7) is 9.28. The molecule has 0 aromatic rings. The van der Waals surface area contributed by atoms with Gasteiger partial charge in [0.15, 0.2) is 6.29 Å². The summed E-state index contributed by atoms with van der Waals surface area (Å²) < 4.78 is 6.47. The summed E-state index contributed by atoms with van der Waals surface area (Å²) in [4.78, 5) is 0. The van der Waals surface area contributed by atoms with E-state index in [-0.39, 0.29) is 17.2 Å². The van der Waals surface area contributed by atoms with Gasteiger partial charge >= 0.3 is 0 Å². The summed E-state index contributed by atoms with van der Waals surface area (Å²) in [5.41, 5.74) is 0.111. The van der Waals surface area contributed by atoms with E-state index in [1.165, 1.54) is 57.8 Å². The van der Waals surface area contributed by atoms with Gasteiger partial charge in [-0.3, -0.25) is 0 Å². The molecule has 26 heavy (non-hydrogen) atoms. The number of nitrogens with one attached hydrogen (secondary N) is 1. The van der Waals surface area contributed by atoms with Gasteiger partial charge in [0.25, 0.3) is 0 Å². The first-order valence-corrected chi connectivity index (χ1v) is 11.4. The minimum atomic E-state index is -0.571. The summed E-state index contributed by atoms with van der Waals surface area (Å²) in [5.74, 6) is 1.67. The van der Waals surface area contributed by atoms with Crippen molar-refractivity contribution >= 4 is 0 Å². The van der Waals surface area contributed by atoms with Gasteiger partial charge in [0.2, 0.25) is 0 Å². The van der Waals surface area contributed by atoms with Crippen molar-refractivity contribution in [1.29, 1.82) is 0 Å². The van der Waals surface area contributed by atoms with Crippen molar-refractivity contribution < 1.29 is 9.84 Å². The van der Waals surface area contributed by atoms with E-state index in [1.807, 2.05) is 0 Å². The van der Waals surface area contributed by atoms with Crippen LogP contribution < -0.4 is 5.32 Å². The topological polar surface area (TPSA) is 41.5 Å². The van der Waals surface area contributed by atoms with Crippen molar-refractivity contribution in [3.8, 4) is 0 Å². The van der Waals surface area contributed by atoms with Gasteiger partial charge in [-0.25, -0.2) is 0 Å². The molecule has 2 saturated carbocycles. The third kappa shape index (κ3) is 5.23. The second kappa shape index (κ2) is 8.49. The average Bonchev–Trinajstić information content (AvgIpc) is 2.58. The Hall–Kier alpha value is -0.120. The molecule has 2 aliphatic carbocycles. The maximum absolute atomic E-state index is 10.8. The second-order valence-corrected chi connectivity index (χ2v) is 10.7. The largest absolute Gasteiger partial charge is 0.368 e. The highest BCUT2D eigenvalue weighted by Crippen LogP contribution is 2.42.